The number of aliphatic hydroxyl groups is 1. The summed E-state index contributed by atoms with van der Waals surface area (Å²) in [7, 11) is 1.19. The summed E-state index contributed by atoms with van der Waals surface area (Å²) < 4.78 is 4.28. The summed E-state index contributed by atoms with van der Waals surface area (Å²) >= 11 is 0. The summed E-state index contributed by atoms with van der Waals surface area (Å²) in [5.74, 6) is 3.00. The van der Waals surface area contributed by atoms with Crippen LogP contribution in [0.5, 0.6) is 0 Å². The second kappa shape index (κ2) is 5.69. The fourth-order valence-electron chi connectivity index (χ4n) is 0.993. The van der Waals surface area contributed by atoms with Crippen molar-refractivity contribution in [3.8, 4) is 11.8 Å². The van der Waals surface area contributed by atoms with E-state index in [0.717, 1.165) is 0 Å². The van der Waals surface area contributed by atoms with Gasteiger partial charge in [0.25, 0.3) is 0 Å². The van der Waals surface area contributed by atoms with E-state index < -0.39 is 11.8 Å². The number of rotatable bonds is 2. The quantitative estimate of drug-likeness (QED) is 0.259. The molecule has 0 aromatic heterocycles. The minimum absolute atomic E-state index is 0.0810. The van der Waals surface area contributed by atoms with Crippen LogP contribution in [0.4, 0.5) is 0 Å². The molecule has 82 valence electrons. The van der Waals surface area contributed by atoms with Crippen LogP contribution in [0.2, 0.25) is 0 Å². The summed E-state index contributed by atoms with van der Waals surface area (Å²) in [6.07, 6.45) is 0. The SMILES string of the molecule is COC(=O)C#CC(=O)c1ccc(CO)cc1. The molecule has 0 unspecified atom stereocenters. The first-order valence-electron chi connectivity index (χ1n) is 4.51. The molecule has 0 saturated carbocycles. The maximum Gasteiger partial charge on any atom is 0.384 e. The predicted octanol–water partition coefficient (Wildman–Crippen LogP) is 0.538. The van der Waals surface area contributed by atoms with Crippen LogP contribution in [0.25, 0.3) is 0 Å². The number of benzene rings is 1. The molecule has 1 aromatic rings. The second-order valence-corrected chi connectivity index (χ2v) is 2.93. The Morgan fingerprint density at radius 3 is 2.38 bits per heavy atom. The first kappa shape index (κ1) is 12.0. The van der Waals surface area contributed by atoms with Crippen LogP contribution in [0.15, 0.2) is 24.3 Å². The number of methoxy groups -OCH3 is 1. The van der Waals surface area contributed by atoms with Crippen molar-refractivity contribution in [3.63, 3.8) is 0 Å². The van der Waals surface area contributed by atoms with Crippen molar-refractivity contribution in [3.05, 3.63) is 35.4 Å². The third kappa shape index (κ3) is 3.23. The molecule has 0 aliphatic carbocycles. The zero-order valence-corrected chi connectivity index (χ0v) is 8.69. The Morgan fingerprint density at radius 1 is 1.25 bits per heavy atom. The van der Waals surface area contributed by atoms with Crippen LogP contribution in [0, 0.1) is 11.8 Å². The molecule has 0 fully saturated rings. The molecule has 0 bridgehead atoms. The van der Waals surface area contributed by atoms with E-state index in [0.29, 0.717) is 11.1 Å². The van der Waals surface area contributed by atoms with Crippen molar-refractivity contribution < 1.29 is 19.4 Å². The smallest absolute Gasteiger partial charge is 0.384 e. The molecule has 0 amide bonds. The Labute approximate surface area is 92.9 Å². The van der Waals surface area contributed by atoms with Gasteiger partial charge in [0.2, 0.25) is 5.78 Å². The largest absolute Gasteiger partial charge is 0.459 e. The zero-order valence-electron chi connectivity index (χ0n) is 8.69. The third-order valence-electron chi connectivity index (χ3n) is 1.86. The fourth-order valence-corrected chi connectivity index (χ4v) is 0.993. The van der Waals surface area contributed by atoms with Gasteiger partial charge in [-0.25, -0.2) is 4.79 Å². The number of ether oxygens (including phenoxy) is 1. The van der Waals surface area contributed by atoms with Crippen molar-refractivity contribution in [2.24, 2.45) is 0 Å². The van der Waals surface area contributed by atoms with Crippen LogP contribution in [-0.2, 0) is 16.1 Å². The molecule has 0 radical (unpaired) electrons. The van der Waals surface area contributed by atoms with Crippen LogP contribution in [0.3, 0.4) is 0 Å². The van der Waals surface area contributed by atoms with E-state index in [1.165, 1.54) is 7.11 Å². The summed E-state index contributed by atoms with van der Waals surface area (Å²) in [5, 5.41) is 8.80. The van der Waals surface area contributed by atoms with Crippen molar-refractivity contribution in [2.45, 2.75) is 6.61 Å². The molecule has 4 nitrogen and oxygen atoms in total. The monoisotopic (exact) mass is 218 g/mol. The van der Waals surface area contributed by atoms with Gasteiger partial charge in [0.15, 0.2) is 0 Å². The Bertz CT molecular complexity index is 448. The highest BCUT2D eigenvalue weighted by atomic mass is 16.5. The highest BCUT2D eigenvalue weighted by molar-refractivity contribution is 6.11. The minimum atomic E-state index is -0.750. The van der Waals surface area contributed by atoms with Gasteiger partial charge in [-0.15, -0.1) is 0 Å². The number of hydrogen-bond acceptors (Lipinski definition) is 4. The first-order valence-corrected chi connectivity index (χ1v) is 4.51. The number of carbonyl (C=O) groups excluding carboxylic acids is 2. The van der Waals surface area contributed by atoms with Crippen LogP contribution >= 0.6 is 0 Å². The maximum absolute atomic E-state index is 11.4. The number of aliphatic hydroxyl groups excluding tert-OH is 1. The van der Waals surface area contributed by atoms with Gasteiger partial charge in [0.05, 0.1) is 13.7 Å². The highest BCUT2D eigenvalue weighted by Crippen LogP contribution is 2.04. The van der Waals surface area contributed by atoms with Crippen LogP contribution in [-0.4, -0.2) is 24.0 Å². The van der Waals surface area contributed by atoms with Gasteiger partial charge in [-0.2, -0.15) is 0 Å². The lowest BCUT2D eigenvalue weighted by atomic mass is 10.1. The van der Waals surface area contributed by atoms with E-state index in [4.69, 9.17) is 5.11 Å². The average molecular weight is 218 g/mol. The van der Waals surface area contributed by atoms with E-state index in [1.54, 1.807) is 24.3 Å². The van der Waals surface area contributed by atoms with E-state index in [2.05, 4.69) is 10.7 Å². The van der Waals surface area contributed by atoms with Gasteiger partial charge in [0.1, 0.15) is 0 Å². The predicted molar refractivity (Wildman–Crippen MR) is 56.5 cm³/mol. The van der Waals surface area contributed by atoms with Gasteiger partial charge in [-0.1, -0.05) is 24.3 Å². The summed E-state index contributed by atoms with van der Waals surface area (Å²) in [5.41, 5.74) is 1.08. The number of carbonyl (C=O) groups is 2. The molecule has 4 heteroatoms. The minimum Gasteiger partial charge on any atom is -0.459 e. The van der Waals surface area contributed by atoms with Crippen LogP contribution in [0.1, 0.15) is 15.9 Å². The van der Waals surface area contributed by atoms with Crippen molar-refractivity contribution in [1.29, 1.82) is 0 Å². The standard InChI is InChI=1S/C12H10O4/c1-16-12(15)7-6-11(14)10-4-2-9(8-13)3-5-10/h2-5,13H,8H2,1H3. The Morgan fingerprint density at radius 2 is 1.88 bits per heavy atom. The molecule has 16 heavy (non-hydrogen) atoms. The molecule has 1 rings (SSSR count). The fraction of sp³-hybridized carbons (Fsp3) is 0.167. The molecular weight excluding hydrogens is 208 g/mol. The van der Waals surface area contributed by atoms with Gasteiger partial charge >= 0.3 is 5.97 Å². The van der Waals surface area contributed by atoms with Crippen molar-refractivity contribution in [1.82, 2.24) is 0 Å². The number of ketones is 1. The number of Topliss-reactive ketones (excluding diaryl/α,β-unsaturated/α-hetero) is 1. The Kier molecular flexibility index (Phi) is 4.25. The molecule has 0 heterocycles. The lowest BCUT2D eigenvalue weighted by Crippen LogP contribution is -1.99. The number of hydrogen-bond donors (Lipinski definition) is 1. The lowest BCUT2D eigenvalue weighted by Gasteiger charge is -1.96. The molecule has 0 saturated heterocycles. The van der Waals surface area contributed by atoms with Crippen molar-refractivity contribution >= 4 is 11.8 Å². The summed E-state index contributed by atoms with van der Waals surface area (Å²) in [6.45, 7) is -0.0810. The summed E-state index contributed by atoms with van der Waals surface area (Å²) in [4.78, 5) is 22.1. The molecule has 0 aliphatic heterocycles. The zero-order chi connectivity index (χ0) is 12.0. The van der Waals surface area contributed by atoms with Gasteiger partial charge < -0.3 is 9.84 Å². The highest BCUT2D eigenvalue weighted by Gasteiger charge is 2.02. The normalized spacial score (nSPS) is 8.88. The maximum atomic E-state index is 11.4. The van der Waals surface area contributed by atoms with E-state index in [1.807, 2.05) is 5.92 Å². The summed E-state index contributed by atoms with van der Waals surface area (Å²) in [6, 6.07) is 6.32. The molecular formula is C12H10O4. The van der Waals surface area contributed by atoms with E-state index in [-0.39, 0.29) is 6.61 Å². The molecule has 0 spiro atoms. The molecule has 0 aliphatic rings. The third-order valence-corrected chi connectivity index (χ3v) is 1.86. The van der Waals surface area contributed by atoms with E-state index >= 15 is 0 Å². The van der Waals surface area contributed by atoms with Crippen LogP contribution < -0.4 is 0 Å². The topological polar surface area (TPSA) is 63.6 Å². The second-order valence-electron chi connectivity index (χ2n) is 2.93. The molecule has 1 N–H and O–H groups in total. The number of esters is 1. The van der Waals surface area contributed by atoms with Crippen molar-refractivity contribution in [2.75, 3.05) is 7.11 Å². The Balaban J connectivity index is 2.79. The Hall–Kier alpha value is -2.12. The van der Waals surface area contributed by atoms with Gasteiger partial charge in [-0.05, 0) is 11.5 Å². The van der Waals surface area contributed by atoms with Gasteiger partial charge in [0, 0.05) is 11.5 Å². The van der Waals surface area contributed by atoms with Gasteiger partial charge in [-0.3, -0.25) is 4.79 Å². The van der Waals surface area contributed by atoms with E-state index in [9.17, 15) is 9.59 Å². The first-order chi connectivity index (χ1) is 7.67. The lowest BCUT2D eigenvalue weighted by molar-refractivity contribution is -0.133. The average Bonchev–Trinajstić information content (AvgIpc) is 2.35. The molecule has 1 aromatic carbocycles. The molecule has 0 atom stereocenters.